The second-order valence-corrected chi connectivity index (χ2v) is 9.59. The minimum atomic E-state index is -3.42. The molecule has 1 fully saturated rings. The van der Waals surface area contributed by atoms with Gasteiger partial charge >= 0.3 is 0 Å². The maximum absolute atomic E-state index is 11.9. The Labute approximate surface area is 155 Å². The maximum atomic E-state index is 11.9. The molecule has 0 aromatic heterocycles. The molecule has 2 rings (SSSR count). The Morgan fingerprint density at radius 1 is 1.44 bits per heavy atom. The Bertz CT molecular complexity index is 704. The van der Waals surface area contributed by atoms with Crippen LogP contribution in [0.25, 0.3) is 0 Å². The molecule has 6 nitrogen and oxygen atoms in total. The summed E-state index contributed by atoms with van der Waals surface area (Å²) in [5, 5.41) is 3.97. The summed E-state index contributed by atoms with van der Waals surface area (Å²) in [4.78, 5) is 6.96. The molecule has 0 bridgehead atoms. The van der Waals surface area contributed by atoms with Gasteiger partial charge in [0.1, 0.15) is 0 Å². The molecule has 25 heavy (non-hydrogen) atoms. The Morgan fingerprint density at radius 2 is 2.20 bits per heavy atom. The second kappa shape index (κ2) is 8.91. The van der Waals surface area contributed by atoms with E-state index in [1.54, 1.807) is 25.2 Å². The normalized spacial score (nSPS) is 19.3. The lowest BCUT2D eigenvalue weighted by molar-refractivity contribution is 0.380. The zero-order valence-electron chi connectivity index (χ0n) is 15.3. The van der Waals surface area contributed by atoms with E-state index in [1.807, 2.05) is 17.8 Å². The van der Waals surface area contributed by atoms with E-state index in [1.165, 1.54) is 7.05 Å². The van der Waals surface area contributed by atoms with Crippen LogP contribution in [0.4, 0.5) is 0 Å². The van der Waals surface area contributed by atoms with Gasteiger partial charge in [-0.15, -0.1) is 0 Å². The zero-order valence-corrected chi connectivity index (χ0v) is 17.0. The first-order valence-corrected chi connectivity index (χ1v) is 11.0. The fourth-order valence-corrected chi connectivity index (χ4v) is 4.82. The van der Waals surface area contributed by atoms with E-state index < -0.39 is 10.0 Å². The van der Waals surface area contributed by atoms with Gasteiger partial charge in [-0.25, -0.2) is 13.1 Å². The van der Waals surface area contributed by atoms with Gasteiger partial charge in [0.25, 0.3) is 0 Å². The summed E-state index contributed by atoms with van der Waals surface area (Å²) in [5.74, 6) is 2.60. The maximum Gasteiger partial charge on any atom is 0.240 e. The standard InChI is InChI=1S/C17H28N4O2S2/c1-13(2)16-12-21(8-9-24-16)17(18-3)20-11-14-6-5-7-15(10-14)25(22,23)19-4/h5-7,10,13,16,19H,8-9,11-12H2,1-4H3,(H,18,20). The lowest BCUT2D eigenvalue weighted by atomic mass is 10.1. The number of hydrogen-bond acceptors (Lipinski definition) is 4. The fourth-order valence-electron chi connectivity index (χ4n) is 2.72. The van der Waals surface area contributed by atoms with Crippen LogP contribution < -0.4 is 10.0 Å². The molecule has 1 heterocycles. The molecule has 140 valence electrons. The molecule has 8 heteroatoms. The number of guanidine groups is 1. The average Bonchev–Trinajstić information content (AvgIpc) is 2.62. The number of hydrogen-bond donors (Lipinski definition) is 2. The van der Waals surface area contributed by atoms with Gasteiger partial charge in [0, 0.05) is 37.7 Å². The van der Waals surface area contributed by atoms with Crippen LogP contribution in [0, 0.1) is 5.92 Å². The van der Waals surface area contributed by atoms with Crippen molar-refractivity contribution in [1.82, 2.24) is 14.9 Å². The van der Waals surface area contributed by atoms with Gasteiger partial charge in [0.15, 0.2) is 5.96 Å². The first kappa shape index (κ1) is 20.1. The van der Waals surface area contributed by atoms with Crippen molar-refractivity contribution in [2.24, 2.45) is 10.9 Å². The molecule has 1 saturated heterocycles. The van der Waals surface area contributed by atoms with Crippen molar-refractivity contribution < 1.29 is 8.42 Å². The third-order valence-electron chi connectivity index (χ3n) is 4.28. The number of nitrogens with one attached hydrogen (secondary N) is 2. The Morgan fingerprint density at radius 3 is 2.84 bits per heavy atom. The molecule has 1 atom stereocenters. The molecule has 0 saturated carbocycles. The van der Waals surface area contributed by atoms with Crippen LogP contribution in [0.2, 0.25) is 0 Å². The van der Waals surface area contributed by atoms with Crippen molar-refractivity contribution in [2.75, 3.05) is 32.9 Å². The van der Waals surface area contributed by atoms with Gasteiger partial charge in [-0.05, 0) is 30.7 Å². The van der Waals surface area contributed by atoms with Gasteiger partial charge in [0.2, 0.25) is 10.0 Å². The van der Waals surface area contributed by atoms with Gasteiger partial charge < -0.3 is 10.2 Å². The summed E-state index contributed by atoms with van der Waals surface area (Å²) in [6.07, 6.45) is 0. The minimum Gasteiger partial charge on any atom is -0.352 e. The Kier molecular flexibility index (Phi) is 7.15. The smallest absolute Gasteiger partial charge is 0.240 e. The number of rotatable bonds is 5. The van der Waals surface area contributed by atoms with Crippen LogP contribution in [0.5, 0.6) is 0 Å². The molecular formula is C17H28N4O2S2. The first-order chi connectivity index (χ1) is 11.9. The first-order valence-electron chi connectivity index (χ1n) is 8.47. The number of sulfonamides is 1. The fraction of sp³-hybridized carbons (Fsp3) is 0.588. The monoisotopic (exact) mass is 384 g/mol. The number of thioether (sulfide) groups is 1. The van der Waals surface area contributed by atoms with Gasteiger partial charge in [-0.1, -0.05) is 26.0 Å². The summed E-state index contributed by atoms with van der Waals surface area (Å²) < 4.78 is 26.2. The largest absolute Gasteiger partial charge is 0.352 e. The molecule has 0 aliphatic carbocycles. The van der Waals surface area contributed by atoms with Crippen LogP contribution >= 0.6 is 11.8 Å². The zero-order chi connectivity index (χ0) is 18.4. The van der Waals surface area contributed by atoms with E-state index in [0.29, 0.717) is 17.7 Å². The van der Waals surface area contributed by atoms with Gasteiger partial charge in [-0.2, -0.15) is 11.8 Å². The Hall–Kier alpha value is -1.25. The summed E-state index contributed by atoms with van der Waals surface area (Å²) in [7, 11) is -0.217. The van der Waals surface area contributed by atoms with Crippen LogP contribution in [0.1, 0.15) is 19.4 Å². The summed E-state index contributed by atoms with van der Waals surface area (Å²) in [6.45, 7) is 7.00. The lowest BCUT2D eigenvalue weighted by Gasteiger charge is -2.36. The predicted molar refractivity (Wildman–Crippen MR) is 106 cm³/mol. The van der Waals surface area contributed by atoms with E-state index in [4.69, 9.17) is 0 Å². The van der Waals surface area contributed by atoms with Crippen LogP contribution in [-0.2, 0) is 16.6 Å². The molecule has 1 aliphatic rings. The second-order valence-electron chi connectivity index (χ2n) is 6.36. The third kappa shape index (κ3) is 5.36. The minimum absolute atomic E-state index is 0.276. The van der Waals surface area contributed by atoms with Crippen LogP contribution in [0.3, 0.4) is 0 Å². The molecule has 1 aliphatic heterocycles. The third-order valence-corrected chi connectivity index (χ3v) is 7.23. The highest BCUT2D eigenvalue weighted by molar-refractivity contribution is 8.00. The van der Waals surface area contributed by atoms with E-state index >= 15 is 0 Å². The number of nitrogens with zero attached hydrogens (tertiary/aromatic N) is 2. The average molecular weight is 385 g/mol. The highest BCUT2D eigenvalue weighted by atomic mass is 32.2. The van der Waals surface area contributed by atoms with Crippen molar-refractivity contribution in [3.63, 3.8) is 0 Å². The summed E-state index contributed by atoms with van der Waals surface area (Å²) in [5.41, 5.74) is 0.907. The molecule has 1 unspecified atom stereocenters. The van der Waals surface area contributed by atoms with Crippen molar-refractivity contribution >= 4 is 27.7 Å². The van der Waals surface area contributed by atoms with Crippen molar-refractivity contribution in [3.8, 4) is 0 Å². The van der Waals surface area contributed by atoms with E-state index in [-0.39, 0.29) is 4.90 Å². The summed E-state index contributed by atoms with van der Waals surface area (Å²) in [6, 6.07) is 6.96. The summed E-state index contributed by atoms with van der Waals surface area (Å²) >= 11 is 2.03. The molecule has 0 amide bonds. The molecule has 0 spiro atoms. The van der Waals surface area contributed by atoms with Gasteiger partial charge in [-0.3, -0.25) is 4.99 Å². The quantitative estimate of drug-likeness (QED) is 0.598. The molecular weight excluding hydrogens is 356 g/mol. The lowest BCUT2D eigenvalue weighted by Crippen LogP contribution is -2.48. The SMILES string of the molecule is CN=C(NCc1cccc(S(=O)(=O)NC)c1)N1CCSC(C(C)C)C1. The van der Waals surface area contributed by atoms with Crippen molar-refractivity contribution in [2.45, 2.75) is 30.5 Å². The Balaban J connectivity index is 2.03. The van der Waals surface area contributed by atoms with Crippen LogP contribution in [0.15, 0.2) is 34.2 Å². The van der Waals surface area contributed by atoms with Crippen LogP contribution in [-0.4, -0.2) is 57.5 Å². The molecule has 1 aromatic carbocycles. The van der Waals surface area contributed by atoms with Crippen molar-refractivity contribution in [3.05, 3.63) is 29.8 Å². The van der Waals surface area contributed by atoms with E-state index in [9.17, 15) is 8.42 Å². The van der Waals surface area contributed by atoms with Crippen molar-refractivity contribution in [1.29, 1.82) is 0 Å². The predicted octanol–water partition coefficient (Wildman–Crippen LogP) is 1.74. The highest BCUT2D eigenvalue weighted by Gasteiger charge is 2.24. The molecule has 0 radical (unpaired) electrons. The number of aliphatic imine (C=N–C) groups is 1. The molecule has 2 N–H and O–H groups in total. The molecule has 1 aromatic rings. The topological polar surface area (TPSA) is 73.8 Å². The van der Waals surface area contributed by atoms with E-state index in [2.05, 4.69) is 33.8 Å². The number of benzene rings is 1. The van der Waals surface area contributed by atoms with E-state index in [0.717, 1.165) is 30.4 Å². The highest BCUT2D eigenvalue weighted by Crippen LogP contribution is 2.24. The van der Waals surface area contributed by atoms with Gasteiger partial charge in [0.05, 0.1) is 4.90 Å².